The number of nitrogens with one attached hydrogen (secondary N) is 2. The van der Waals surface area contributed by atoms with Crippen LogP contribution in [0.4, 0.5) is 0 Å². The van der Waals surface area contributed by atoms with Crippen molar-refractivity contribution in [2.24, 2.45) is 18.0 Å². The zero-order valence-corrected chi connectivity index (χ0v) is 18.8. The molecule has 1 aliphatic rings. The van der Waals surface area contributed by atoms with E-state index in [0.717, 1.165) is 30.7 Å². The van der Waals surface area contributed by atoms with Crippen LogP contribution in [0.5, 0.6) is 0 Å². The Morgan fingerprint density at radius 1 is 1.24 bits per heavy atom. The number of rotatable bonds is 6. The maximum atomic E-state index is 4.46. The summed E-state index contributed by atoms with van der Waals surface area (Å²) in [7, 11) is 3.82. The Hall–Kier alpha value is -0.830. The molecule has 1 aliphatic heterocycles. The standard InChI is InChI=1S/C18H34N6.HI/c1-6-24-11-8-16(9-12-24)7-10-20-18(19-4)21-13-17-14(2)22-23(5)15(17)3;/h16H,6-13H2,1-5H3,(H2,19,20,21);1H. The molecule has 0 bridgehead atoms. The minimum absolute atomic E-state index is 0. The van der Waals surface area contributed by atoms with Gasteiger partial charge in [-0.05, 0) is 58.7 Å². The predicted molar refractivity (Wildman–Crippen MR) is 116 cm³/mol. The van der Waals surface area contributed by atoms with Crippen LogP contribution in [0, 0.1) is 19.8 Å². The molecule has 6 nitrogen and oxygen atoms in total. The maximum Gasteiger partial charge on any atom is 0.191 e. The molecule has 2 N–H and O–H groups in total. The first-order valence-corrected chi connectivity index (χ1v) is 9.21. The SMILES string of the molecule is CCN1CCC(CCNC(=NC)NCc2c(C)nn(C)c2C)CC1.I. The first-order chi connectivity index (χ1) is 11.5. The van der Waals surface area contributed by atoms with Crippen molar-refractivity contribution in [2.45, 2.75) is 46.6 Å². The molecule has 2 rings (SSSR count). The van der Waals surface area contributed by atoms with E-state index >= 15 is 0 Å². The summed E-state index contributed by atoms with van der Waals surface area (Å²) in [5.41, 5.74) is 3.55. The van der Waals surface area contributed by atoms with Gasteiger partial charge in [0.05, 0.1) is 5.69 Å². The highest BCUT2D eigenvalue weighted by atomic mass is 127. The lowest BCUT2D eigenvalue weighted by atomic mass is 9.93. The average molecular weight is 462 g/mol. The first-order valence-electron chi connectivity index (χ1n) is 9.21. The van der Waals surface area contributed by atoms with Gasteiger partial charge in [0.25, 0.3) is 0 Å². The van der Waals surface area contributed by atoms with Gasteiger partial charge in [-0.25, -0.2) is 0 Å². The summed E-state index contributed by atoms with van der Waals surface area (Å²) in [5, 5.41) is 11.3. The Morgan fingerprint density at radius 2 is 1.92 bits per heavy atom. The fourth-order valence-corrected chi connectivity index (χ4v) is 3.45. The van der Waals surface area contributed by atoms with Crippen molar-refractivity contribution in [3.63, 3.8) is 0 Å². The molecule has 0 saturated carbocycles. The lowest BCUT2D eigenvalue weighted by molar-refractivity contribution is 0.187. The van der Waals surface area contributed by atoms with Crippen molar-refractivity contribution in [1.82, 2.24) is 25.3 Å². The quantitative estimate of drug-likeness (QED) is 0.388. The lowest BCUT2D eigenvalue weighted by Crippen LogP contribution is -2.39. The van der Waals surface area contributed by atoms with Gasteiger partial charge in [0.2, 0.25) is 0 Å². The van der Waals surface area contributed by atoms with Gasteiger partial charge in [-0.15, -0.1) is 24.0 Å². The zero-order valence-electron chi connectivity index (χ0n) is 16.4. The highest BCUT2D eigenvalue weighted by Crippen LogP contribution is 2.19. The van der Waals surface area contributed by atoms with Gasteiger partial charge in [0.15, 0.2) is 5.96 Å². The molecular formula is C18H35IN6. The molecular weight excluding hydrogens is 427 g/mol. The fourth-order valence-electron chi connectivity index (χ4n) is 3.45. The molecule has 0 aliphatic carbocycles. The number of piperidine rings is 1. The molecule has 1 aromatic rings. The summed E-state index contributed by atoms with van der Waals surface area (Å²) in [6, 6.07) is 0. The monoisotopic (exact) mass is 462 g/mol. The van der Waals surface area contributed by atoms with Crippen molar-refractivity contribution in [2.75, 3.05) is 33.2 Å². The van der Waals surface area contributed by atoms with Crippen molar-refractivity contribution in [3.05, 3.63) is 17.0 Å². The van der Waals surface area contributed by atoms with E-state index < -0.39 is 0 Å². The third-order valence-electron chi connectivity index (χ3n) is 5.31. The van der Waals surface area contributed by atoms with Gasteiger partial charge in [-0.1, -0.05) is 6.92 Å². The van der Waals surface area contributed by atoms with Crippen LogP contribution in [-0.2, 0) is 13.6 Å². The average Bonchev–Trinajstić information content (AvgIpc) is 2.84. The van der Waals surface area contributed by atoms with Crippen LogP contribution in [0.2, 0.25) is 0 Å². The Labute approximate surface area is 169 Å². The number of aliphatic imine (C=N–C) groups is 1. The Morgan fingerprint density at radius 3 is 2.44 bits per heavy atom. The van der Waals surface area contributed by atoms with E-state index in [0.29, 0.717) is 0 Å². The van der Waals surface area contributed by atoms with Gasteiger partial charge in [-0.2, -0.15) is 5.10 Å². The van der Waals surface area contributed by atoms with Crippen molar-refractivity contribution in [3.8, 4) is 0 Å². The number of likely N-dealkylation sites (tertiary alicyclic amines) is 1. The van der Waals surface area contributed by atoms with E-state index in [1.54, 1.807) is 0 Å². The van der Waals surface area contributed by atoms with E-state index in [1.165, 1.54) is 50.2 Å². The highest BCUT2D eigenvalue weighted by Gasteiger charge is 2.17. The summed E-state index contributed by atoms with van der Waals surface area (Å²) in [6.07, 6.45) is 3.88. The lowest BCUT2D eigenvalue weighted by Gasteiger charge is -2.31. The van der Waals surface area contributed by atoms with Crippen molar-refractivity contribution >= 4 is 29.9 Å². The van der Waals surface area contributed by atoms with Crippen LogP contribution >= 0.6 is 24.0 Å². The van der Waals surface area contributed by atoms with Crippen LogP contribution in [0.25, 0.3) is 0 Å². The molecule has 1 saturated heterocycles. The van der Waals surface area contributed by atoms with Crippen LogP contribution < -0.4 is 10.6 Å². The number of guanidine groups is 1. The molecule has 0 aromatic carbocycles. The second-order valence-corrected chi connectivity index (χ2v) is 6.79. The van der Waals surface area contributed by atoms with Gasteiger partial charge in [0, 0.05) is 38.4 Å². The number of hydrogen-bond donors (Lipinski definition) is 2. The van der Waals surface area contributed by atoms with E-state index in [9.17, 15) is 0 Å². The molecule has 0 amide bonds. The van der Waals surface area contributed by atoms with Gasteiger partial charge in [0.1, 0.15) is 0 Å². The van der Waals surface area contributed by atoms with Crippen LogP contribution in [0.1, 0.15) is 43.1 Å². The highest BCUT2D eigenvalue weighted by molar-refractivity contribution is 14.0. The second-order valence-electron chi connectivity index (χ2n) is 6.79. The summed E-state index contributed by atoms with van der Waals surface area (Å²) in [6.45, 7) is 11.9. The normalized spacial score (nSPS) is 16.6. The van der Waals surface area contributed by atoms with E-state index in [2.05, 4.69) is 46.4 Å². The van der Waals surface area contributed by atoms with Crippen molar-refractivity contribution in [1.29, 1.82) is 0 Å². The minimum atomic E-state index is 0. The van der Waals surface area contributed by atoms with Crippen LogP contribution in [0.15, 0.2) is 4.99 Å². The number of nitrogens with zero attached hydrogens (tertiary/aromatic N) is 4. The Balaban J connectivity index is 0.00000312. The summed E-state index contributed by atoms with van der Waals surface area (Å²) in [4.78, 5) is 6.88. The second kappa shape index (κ2) is 11.0. The molecule has 1 fully saturated rings. The van der Waals surface area contributed by atoms with Crippen molar-refractivity contribution < 1.29 is 0 Å². The van der Waals surface area contributed by atoms with Crippen LogP contribution in [-0.4, -0.2) is 53.9 Å². The first kappa shape index (κ1) is 22.2. The summed E-state index contributed by atoms with van der Waals surface area (Å²) < 4.78 is 1.94. The fraction of sp³-hybridized carbons (Fsp3) is 0.778. The third kappa shape index (κ3) is 6.44. The van der Waals surface area contributed by atoms with Gasteiger partial charge < -0.3 is 15.5 Å². The maximum absolute atomic E-state index is 4.46. The molecule has 2 heterocycles. The number of aryl methyl sites for hydroxylation is 2. The largest absolute Gasteiger partial charge is 0.356 e. The summed E-state index contributed by atoms with van der Waals surface area (Å²) in [5.74, 6) is 1.73. The molecule has 0 unspecified atom stereocenters. The van der Waals surface area contributed by atoms with E-state index in [4.69, 9.17) is 0 Å². The topological polar surface area (TPSA) is 57.5 Å². The van der Waals surface area contributed by atoms with E-state index in [1.807, 2.05) is 18.8 Å². The number of aromatic nitrogens is 2. The summed E-state index contributed by atoms with van der Waals surface area (Å²) >= 11 is 0. The van der Waals surface area contributed by atoms with Gasteiger partial charge >= 0.3 is 0 Å². The predicted octanol–water partition coefficient (Wildman–Crippen LogP) is 2.44. The molecule has 0 spiro atoms. The Bertz CT molecular complexity index is 546. The van der Waals surface area contributed by atoms with Gasteiger partial charge in [-0.3, -0.25) is 9.67 Å². The molecule has 0 radical (unpaired) electrons. The molecule has 25 heavy (non-hydrogen) atoms. The smallest absolute Gasteiger partial charge is 0.191 e. The minimum Gasteiger partial charge on any atom is -0.356 e. The number of hydrogen-bond acceptors (Lipinski definition) is 3. The molecule has 0 atom stereocenters. The molecule has 7 heteroatoms. The van der Waals surface area contributed by atoms with E-state index in [-0.39, 0.29) is 24.0 Å². The molecule has 1 aromatic heterocycles. The van der Waals surface area contributed by atoms with Crippen LogP contribution in [0.3, 0.4) is 0 Å². The molecule has 144 valence electrons. The zero-order chi connectivity index (χ0) is 17.5. The number of halogens is 1. The Kier molecular flexibility index (Phi) is 9.78. The third-order valence-corrected chi connectivity index (χ3v) is 5.31.